The molecule has 4 rings (SSSR count). The van der Waals surface area contributed by atoms with E-state index in [4.69, 9.17) is 0 Å². The fourth-order valence-corrected chi connectivity index (χ4v) is 4.57. The minimum absolute atomic E-state index is 0.278. The molecule has 0 saturated carbocycles. The number of hydrogen-bond donors (Lipinski definition) is 0. The number of rotatable bonds is 2. The summed E-state index contributed by atoms with van der Waals surface area (Å²) in [6.07, 6.45) is 2.40. The standard InChI is InChI=1S/C24H28N3/c1-16-15-17(2)24(18(3)23(16)22-13-9-10-14-25(22)5)27-19(4)26(6)20-11-7-8-12-21(20)27/h7-15,19H,1-6H3/q+1/t19-/m0/s1. The molecule has 0 amide bonds. The Morgan fingerprint density at radius 2 is 1.56 bits per heavy atom. The number of fused-ring (bicyclic) bond motifs is 1. The van der Waals surface area contributed by atoms with Gasteiger partial charge in [0.25, 0.3) is 0 Å². The molecule has 0 aliphatic carbocycles. The first-order valence-electron chi connectivity index (χ1n) is 9.58. The van der Waals surface area contributed by atoms with Crippen LogP contribution >= 0.6 is 0 Å². The molecule has 0 radical (unpaired) electrons. The molecular formula is C24H28N3+. The van der Waals surface area contributed by atoms with Gasteiger partial charge in [0.05, 0.1) is 16.9 Å². The fraction of sp³-hybridized carbons (Fsp3) is 0.292. The quantitative estimate of drug-likeness (QED) is 0.594. The lowest BCUT2D eigenvalue weighted by atomic mass is 9.93. The van der Waals surface area contributed by atoms with E-state index in [9.17, 15) is 0 Å². The average Bonchev–Trinajstić information content (AvgIpc) is 2.88. The molecule has 1 atom stereocenters. The molecule has 1 aliphatic rings. The molecule has 1 aliphatic heterocycles. The lowest BCUT2D eigenvalue weighted by Crippen LogP contribution is -2.36. The molecule has 3 heteroatoms. The number of pyridine rings is 1. The number of anilines is 3. The Kier molecular flexibility index (Phi) is 4.18. The van der Waals surface area contributed by atoms with E-state index >= 15 is 0 Å². The van der Waals surface area contributed by atoms with Crippen molar-refractivity contribution in [3.63, 3.8) is 0 Å². The SMILES string of the molecule is Cc1cc(C)c(N2c3ccccc3N(C)[C@@H]2C)c(C)c1-c1cccc[n+]1C. The van der Waals surface area contributed by atoms with Gasteiger partial charge in [-0.05, 0) is 62.6 Å². The lowest BCUT2D eigenvalue weighted by molar-refractivity contribution is -0.660. The van der Waals surface area contributed by atoms with Crippen LogP contribution in [0.2, 0.25) is 0 Å². The lowest BCUT2D eigenvalue weighted by Gasteiger charge is -2.31. The van der Waals surface area contributed by atoms with Gasteiger partial charge in [-0.15, -0.1) is 0 Å². The van der Waals surface area contributed by atoms with E-state index in [0.717, 1.165) is 0 Å². The van der Waals surface area contributed by atoms with Crippen molar-refractivity contribution < 1.29 is 4.57 Å². The summed E-state index contributed by atoms with van der Waals surface area (Å²) in [5, 5.41) is 0. The first-order chi connectivity index (χ1) is 12.9. The first-order valence-corrected chi connectivity index (χ1v) is 9.58. The molecule has 0 bridgehead atoms. The van der Waals surface area contributed by atoms with Crippen molar-refractivity contribution in [2.45, 2.75) is 33.9 Å². The van der Waals surface area contributed by atoms with Crippen LogP contribution in [0.3, 0.4) is 0 Å². The third-order valence-corrected chi connectivity index (χ3v) is 5.94. The molecule has 27 heavy (non-hydrogen) atoms. The van der Waals surface area contributed by atoms with Gasteiger partial charge < -0.3 is 9.80 Å². The number of aryl methyl sites for hydroxylation is 3. The molecule has 0 fully saturated rings. The molecule has 0 saturated heterocycles. The third kappa shape index (κ3) is 2.61. The van der Waals surface area contributed by atoms with Crippen LogP contribution in [0.25, 0.3) is 11.3 Å². The number of para-hydroxylation sites is 2. The van der Waals surface area contributed by atoms with Gasteiger partial charge in [-0.25, -0.2) is 4.57 Å². The van der Waals surface area contributed by atoms with Crippen molar-refractivity contribution in [3.05, 3.63) is 71.4 Å². The van der Waals surface area contributed by atoms with Crippen LogP contribution in [0.1, 0.15) is 23.6 Å². The normalized spacial score (nSPS) is 16.0. The highest BCUT2D eigenvalue weighted by Crippen LogP contribution is 2.47. The van der Waals surface area contributed by atoms with E-state index < -0.39 is 0 Å². The van der Waals surface area contributed by atoms with Gasteiger partial charge >= 0.3 is 0 Å². The Morgan fingerprint density at radius 1 is 0.889 bits per heavy atom. The molecular weight excluding hydrogens is 330 g/mol. The smallest absolute Gasteiger partial charge is 0.212 e. The number of nitrogens with zero attached hydrogens (tertiary/aromatic N) is 3. The Balaban J connectivity index is 1.98. The van der Waals surface area contributed by atoms with Crippen LogP contribution in [-0.4, -0.2) is 13.2 Å². The van der Waals surface area contributed by atoms with Crippen LogP contribution in [0.4, 0.5) is 17.1 Å². The number of benzene rings is 2. The maximum absolute atomic E-state index is 2.49. The molecule has 0 N–H and O–H groups in total. The molecule has 0 spiro atoms. The molecule has 138 valence electrons. The Bertz CT molecular complexity index is 1020. The van der Waals surface area contributed by atoms with Gasteiger partial charge in [0, 0.05) is 24.9 Å². The van der Waals surface area contributed by atoms with E-state index in [-0.39, 0.29) is 6.17 Å². The summed E-state index contributed by atoms with van der Waals surface area (Å²) < 4.78 is 2.21. The molecule has 2 heterocycles. The monoisotopic (exact) mass is 358 g/mol. The van der Waals surface area contributed by atoms with Crippen molar-refractivity contribution in [1.29, 1.82) is 0 Å². The van der Waals surface area contributed by atoms with Crippen LogP contribution in [0.5, 0.6) is 0 Å². The largest absolute Gasteiger partial charge is 0.353 e. The fourth-order valence-electron chi connectivity index (χ4n) is 4.57. The predicted molar refractivity (Wildman–Crippen MR) is 114 cm³/mol. The van der Waals surface area contributed by atoms with Gasteiger partial charge in [0.2, 0.25) is 5.69 Å². The second kappa shape index (κ2) is 6.41. The average molecular weight is 359 g/mol. The molecule has 1 aromatic heterocycles. The molecule has 2 aromatic carbocycles. The van der Waals surface area contributed by atoms with Crippen LogP contribution < -0.4 is 14.4 Å². The third-order valence-electron chi connectivity index (χ3n) is 5.94. The molecule has 3 nitrogen and oxygen atoms in total. The van der Waals surface area contributed by atoms with E-state index in [2.05, 4.69) is 111 Å². The van der Waals surface area contributed by atoms with Crippen molar-refractivity contribution in [2.75, 3.05) is 16.8 Å². The maximum Gasteiger partial charge on any atom is 0.212 e. The Labute approximate surface area is 162 Å². The highest BCUT2D eigenvalue weighted by Gasteiger charge is 2.34. The summed E-state index contributed by atoms with van der Waals surface area (Å²) in [5.41, 5.74) is 10.5. The minimum Gasteiger partial charge on any atom is -0.353 e. The van der Waals surface area contributed by atoms with Gasteiger partial charge in [-0.1, -0.05) is 18.2 Å². The number of hydrogen-bond acceptors (Lipinski definition) is 2. The van der Waals surface area contributed by atoms with E-state index in [0.29, 0.717) is 0 Å². The van der Waals surface area contributed by atoms with Gasteiger partial charge in [0.15, 0.2) is 6.20 Å². The van der Waals surface area contributed by atoms with Crippen LogP contribution in [-0.2, 0) is 7.05 Å². The highest BCUT2D eigenvalue weighted by atomic mass is 15.4. The summed E-state index contributed by atoms with van der Waals surface area (Å²) in [4.78, 5) is 4.85. The Morgan fingerprint density at radius 3 is 2.26 bits per heavy atom. The summed E-state index contributed by atoms with van der Waals surface area (Å²) in [5.74, 6) is 0. The van der Waals surface area contributed by atoms with Crippen molar-refractivity contribution in [1.82, 2.24) is 0 Å². The zero-order valence-corrected chi connectivity index (χ0v) is 17.1. The zero-order chi connectivity index (χ0) is 19.3. The van der Waals surface area contributed by atoms with Gasteiger partial charge in [-0.2, -0.15) is 0 Å². The summed E-state index contributed by atoms with van der Waals surface area (Å²) in [6.45, 7) is 9.00. The maximum atomic E-state index is 2.49. The first kappa shape index (κ1) is 17.6. The second-order valence-corrected chi connectivity index (χ2v) is 7.66. The minimum atomic E-state index is 0.278. The molecule has 3 aromatic rings. The van der Waals surface area contributed by atoms with Crippen LogP contribution in [0.15, 0.2) is 54.7 Å². The van der Waals surface area contributed by atoms with Gasteiger partial charge in [-0.3, -0.25) is 0 Å². The van der Waals surface area contributed by atoms with Crippen molar-refractivity contribution >= 4 is 17.1 Å². The second-order valence-electron chi connectivity index (χ2n) is 7.66. The Hall–Kier alpha value is -2.81. The van der Waals surface area contributed by atoms with E-state index in [1.165, 1.54) is 45.0 Å². The number of aromatic nitrogens is 1. The van der Waals surface area contributed by atoms with Gasteiger partial charge in [0.1, 0.15) is 13.2 Å². The van der Waals surface area contributed by atoms with Crippen molar-refractivity contribution in [3.8, 4) is 11.3 Å². The summed E-state index contributed by atoms with van der Waals surface area (Å²) in [7, 11) is 4.30. The topological polar surface area (TPSA) is 10.4 Å². The van der Waals surface area contributed by atoms with E-state index in [1.54, 1.807) is 0 Å². The summed E-state index contributed by atoms with van der Waals surface area (Å²) >= 11 is 0. The van der Waals surface area contributed by atoms with Crippen LogP contribution in [0, 0.1) is 20.8 Å². The zero-order valence-electron chi connectivity index (χ0n) is 17.1. The predicted octanol–water partition coefficient (Wildman–Crippen LogP) is 5.04. The van der Waals surface area contributed by atoms with Crippen molar-refractivity contribution in [2.24, 2.45) is 7.05 Å². The molecule has 0 unspecified atom stereocenters. The van der Waals surface area contributed by atoms with E-state index in [1.807, 2.05) is 0 Å². The highest BCUT2D eigenvalue weighted by molar-refractivity contribution is 5.88. The summed E-state index contributed by atoms with van der Waals surface area (Å²) in [6, 6.07) is 17.4.